The largest absolute Gasteiger partial charge is 0.378 e. The van der Waals surface area contributed by atoms with E-state index < -0.39 is 0 Å². The smallest absolute Gasteiger partial charge is 0.273 e. The highest BCUT2D eigenvalue weighted by Crippen LogP contribution is 2.14. The maximum atomic E-state index is 12.4. The van der Waals surface area contributed by atoms with Crippen LogP contribution < -0.4 is 10.3 Å². The summed E-state index contributed by atoms with van der Waals surface area (Å²) < 4.78 is 1.90. The van der Waals surface area contributed by atoms with Gasteiger partial charge in [0.15, 0.2) is 0 Å². The number of benzene rings is 2. The summed E-state index contributed by atoms with van der Waals surface area (Å²) in [6, 6.07) is 19.2. The Balaban J connectivity index is 1.71. The SMILES string of the molecule is CN(C)c1ccc(/C=N/NC(=O)c2ccccc2-n2cccc2)cc1. The Labute approximate surface area is 147 Å². The molecular weight excluding hydrogens is 312 g/mol. The number of para-hydroxylation sites is 1. The fourth-order valence-corrected chi connectivity index (χ4v) is 2.47. The highest BCUT2D eigenvalue weighted by atomic mass is 16.2. The standard InChI is InChI=1S/C20H20N4O/c1-23(2)17-11-9-16(10-12-17)15-21-22-20(25)18-7-3-4-8-19(18)24-13-5-6-14-24/h3-15H,1-2H3,(H,22,25)/b21-15+. The fraction of sp³-hybridized carbons (Fsp3) is 0.100. The van der Waals surface area contributed by atoms with E-state index in [0.717, 1.165) is 16.9 Å². The van der Waals surface area contributed by atoms with E-state index in [9.17, 15) is 4.79 Å². The lowest BCUT2D eigenvalue weighted by atomic mass is 10.1. The van der Waals surface area contributed by atoms with Crippen LogP contribution in [0.2, 0.25) is 0 Å². The number of anilines is 1. The second-order valence-corrected chi connectivity index (χ2v) is 5.79. The van der Waals surface area contributed by atoms with Gasteiger partial charge in [0.1, 0.15) is 0 Å². The highest BCUT2D eigenvalue weighted by Gasteiger charge is 2.10. The number of nitrogens with one attached hydrogen (secondary N) is 1. The van der Waals surface area contributed by atoms with Crippen molar-refractivity contribution in [3.63, 3.8) is 0 Å². The zero-order valence-corrected chi connectivity index (χ0v) is 14.3. The van der Waals surface area contributed by atoms with Crippen molar-refractivity contribution in [1.82, 2.24) is 9.99 Å². The van der Waals surface area contributed by atoms with Gasteiger partial charge in [-0.2, -0.15) is 5.10 Å². The minimum atomic E-state index is -0.245. The van der Waals surface area contributed by atoms with Crippen LogP contribution in [-0.2, 0) is 0 Å². The Bertz CT molecular complexity index is 865. The lowest BCUT2D eigenvalue weighted by Gasteiger charge is -2.11. The summed E-state index contributed by atoms with van der Waals surface area (Å²) in [5.41, 5.74) is 6.01. The molecule has 0 aliphatic carbocycles. The number of nitrogens with zero attached hydrogens (tertiary/aromatic N) is 3. The van der Waals surface area contributed by atoms with Crippen LogP contribution in [0.1, 0.15) is 15.9 Å². The van der Waals surface area contributed by atoms with Gasteiger partial charge in [0.05, 0.1) is 17.5 Å². The third-order valence-corrected chi connectivity index (χ3v) is 3.82. The molecule has 3 rings (SSSR count). The van der Waals surface area contributed by atoms with Crippen LogP contribution >= 0.6 is 0 Å². The van der Waals surface area contributed by atoms with Gasteiger partial charge >= 0.3 is 0 Å². The van der Waals surface area contributed by atoms with Crippen molar-refractivity contribution >= 4 is 17.8 Å². The minimum Gasteiger partial charge on any atom is -0.378 e. The van der Waals surface area contributed by atoms with E-state index >= 15 is 0 Å². The van der Waals surface area contributed by atoms with E-state index in [2.05, 4.69) is 10.5 Å². The zero-order valence-electron chi connectivity index (χ0n) is 14.3. The van der Waals surface area contributed by atoms with Gasteiger partial charge in [0.25, 0.3) is 5.91 Å². The number of hydrogen-bond donors (Lipinski definition) is 1. The van der Waals surface area contributed by atoms with E-state index in [0.29, 0.717) is 5.56 Å². The van der Waals surface area contributed by atoms with Gasteiger partial charge in [-0.15, -0.1) is 0 Å². The molecule has 0 fully saturated rings. The van der Waals surface area contributed by atoms with Gasteiger partial charge in [-0.1, -0.05) is 24.3 Å². The molecular formula is C20H20N4O. The number of amides is 1. The molecule has 126 valence electrons. The number of carbonyl (C=O) groups is 1. The first-order valence-corrected chi connectivity index (χ1v) is 7.98. The third kappa shape index (κ3) is 3.95. The van der Waals surface area contributed by atoms with E-state index in [1.54, 1.807) is 12.3 Å². The minimum absolute atomic E-state index is 0.245. The quantitative estimate of drug-likeness (QED) is 0.576. The summed E-state index contributed by atoms with van der Waals surface area (Å²) in [5, 5.41) is 4.07. The van der Waals surface area contributed by atoms with E-state index in [4.69, 9.17) is 0 Å². The predicted molar refractivity (Wildman–Crippen MR) is 102 cm³/mol. The molecule has 1 amide bonds. The Kier molecular flexibility index (Phi) is 4.95. The monoisotopic (exact) mass is 332 g/mol. The normalized spacial score (nSPS) is 10.8. The number of hydrogen-bond acceptors (Lipinski definition) is 3. The fourth-order valence-electron chi connectivity index (χ4n) is 2.47. The summed E-state index contributed by atoms with van der Waals surface area (Å²) in [7, 11) is 3.98. The molecule has 1 heterocycles. The molecule has 0 unspecified atom stereocenters. The summed E-state index contributed by atoms with van der Waals surface area (Å²) in [5.74, 6) is -0.245. The van der Waals surface area contributed by atoms with Gasteiger partial charge in [0, 0.05) is 32.2 Å². The summed E-state index contributed by atoms with van der Waals surface area (Å²) in [4.78, 5) is 14.5. The number of rotatable bonds is 5. The first kappa shape index (κ1) is 16.5. The Morgan fingerprint density at radius 2 is 1.68 bits per heavy atom. The molecule has 1 aromatic heterocycles. The van der Waals surface area contributed by atoms with Crippen LogP contribution in [0.4, 0.5) is 5.69 Å². The van der Waals surface area contributed by atoms with Crippen LogP contribution in [0.25, 0.3) is 5.69 Å². The van der Waals surface area contributed by atoms with E-state index in [1.807, 2.05) is 90.6 Å². The number of aromatic nitrogens is 1. The lowest BCUT2D eigenvalue weighted by Crippen LogP contribution is -2.19. The van der Waals surface area contributed by atoms with E-state index in [1.165, 1.54) is 0 Å². The Morgan fingerprint density at radius 3 is 2.36 bits per heavy atom. The molecule has 0 aliphatic rings. The second kappa shape index (κ2) is 7.49. The first-order chi connectivity index (χ1) is 12.1. The average Bonchev–Trinajstić information content (AvgIpc) is 3.16. The van der Waals surface area contributed by atoms with Crippen molar-refractivity contribution in [3.8, 4) is 5.69 Å². The molecule has 3 aromatic rings. The number of hydrazone groups is 1. The Hall–Kier alpha value is -3.34. The van der Waals surface area contributed by atoms with Gasteiger partial charge in [-0.3, -0.25) is 4.79 Å². The lowest BCUT2D eigenvalue weighted by molar-refractivity contribution is 0.0955. The first-order valence-electron chi connectivity index (χ1n) is 7.98. The van der Waals surface area contributed by atoms with Gasteiger partial charge in [-0.05, 0) is 42.0 Å². The average molecular weight is 332 g/mol. The molecule has 0 aliphatic heterocycles. The van der Waals surface area contributed by atoms with E-state index in [-0.39, 0.29) is 5.91 Å². The van der Waals surface area contributed by atoms with Crippen molar-refractivity contribution in [2.45, 2.75) is 0 Å². The number of carbonyl (C=O) groups excluding carboxylic acids is 1. The Morgan fingerprint density at radius 1 is 1.00 bits per heavy atom. The summed E-state index contributed by atoms with van der Waals surface area (Å²) >= 11 is 0. The maximum Gasteiger partial charge on any atom is 0.273 e. The molecule has 0 atom stereocenters. The van der Waals surface area contributed by atoms with Gasteiger partial charge < -0.3 is 9.47 Å². The molecule has 2 aromatic carbocycles. The second-order valence-electron chi connectivity index (χ2n) is 5.79. The molecule has 5 heteroatoms. The van der Waals surface area contributed by atoms with Crippen LogP contribution in [0.15, 0.2) is 78.2 Å². The summed E-state index contributed by atoms with van der Waals surface area (Å²) in [6.45, 7) is 0. The van der Waals surface area contributed by atoms with Gasteiger partial charge in [0.2, 0.25) is 0 Å². The molecule has 0 saturated heterocycles. The molecule has 0 radical (unpaired) electrons. The molecule has 0 bridgehead atoms. The molecule has 0 spiro atoms. The molecule has 5 nitrogen and oxygen atoms in total. The molecule has 1 N–H and O–H groups in total. The van der Waals surface area contributed by atoms with Crippen molar-refractivity contribution in [2.75, 3.05) is 19.0 Å². The zero-order chi connectivity index (χ0) is 17.6. The maximum absolute atomic E-state index is 12.4. The van der Waals surface area contributed by atoms with Gasteiger partial charge in [-0.25, -0.2) is 5.43 Å². The summed E-state index contributed by atoms with van der Waals surface area (Å²) in [6.07, 6.45) is 5.44. The van der Waals surface area contributed by atoms with Crippen LogP contribution in [0, 0.1) is 0 Å². The van der Waals surface area contributed by atoms with Crippen molar-refractivity contribution in [2.24, 2.45) is 5.10 Å². The third-order valence-electron chi connectivity index (χ3n) is 3.82. The highest BCUT2D eigenvalue weighted by molar-refractivity contribution is 5.98. The van der Waals surface area contributed by atoms with Crippen LogP contribution in [0.3, 0.4) is 0 Å². The topological polar surface area (TPSA) is 49.6 Å². The van der Waals surface area contributed by atoms with Crippen molar-refractivity contribution in [3.05, 3.63) is 84.2 Å². The van der Waals surface area contributed by atoms with Crippen LogP contribution in [0.5, 0.6) is 0 Å². The van der Waals surface area contributed by atoms with Crippen molar-refractivity contribution < 1.29 is 4.79 Å². The molecule has 25 heavy (non-hydrogen) atoms. The predicted octanol–water partition coefficient (Wildman–Crippen LogP) is 3.31. The van der Waals surface area contributed by atoms with Crippen molar-refractivity contribution in [1.29, 1.82) is 0 Å². The molecule has 0 saturated carbocycles. The van der Waals surface area contributed by atoms with Crippen LogP contribution in [-0.4, -0.2) is 30.8 Å².